The maximum atomic E-state index is 12.9. The Hall–Kier alpha value is -2.76. The number of amides is 2. The number of carbonyl (C=O) groups is 2. The van der Waals surface area contributed by atoms with Crippen molar-refractivity contribution in [2.24, 2.45) is 0 Å². The van der Waals surface area contributed by atoms with Crippen LogP contribution in [0.25, 0.3) is 0 Å². The number of halogens is 1. The first-order chi connectivity index (χ1) is 9.60. The van der Waals surface area contributed by atoms with E-state index >= 15 is 0 Å². The summed E-state index contributed by atoms with van der Waals surface area (Å²) in [6.45, 7) is 0. The number of benzene rings is 1. The minimum absolute atomic E-state index is 0.155. The lowest BCUT2D eigenvalue weighted by Crippen LogP contribution is -2.18. The minimum Gasteiger partial charge on any atom is -0.355 e. The van der Waals surface area contributed by atoms with Gasteiger partial charge in [-0.1, -0.05) is 6.07 Å². The smallest absolute Gasteiger partial charge is 0.255 e. The molecular weight excluding hydrogens is 261 g/mol. The van der Waals surface area contributed by atoms with Crippen molar-refractivity contribution in [3.63, 3.8) is 0 Å². The summed E-state index contributed by atoms with van der Waals surface area (Å²) in [4.78, 5) is 26.8. The summed E-state index contributed by atoms with van der Waals surface area (Å²) in [5.41, 5.74) is 1.03. The number of hydrogen-bond donors (Lipinski definition) is 2. The minimum atomic E-state index is -0.725. The summed E-state index contributed by atoms with van der Waals surface area (Å²) in [7, 11) is 1.52. The van der Waals surface area contributed by atoms with Crippen LogP contribution in [-0.4, -0.2) is 23.8 Å². The third-order valence-electron chi connectivity index (χ3n) is 2.60. The average molecular weight is 273 g/mol. The Morgan fingerprint density at radius 1 is 1.10 bits per heavy atom. The van der Waals surface area contributed by atoms with E-state index in [9.17, 15) is 14.0 Å². The van der Waals surface area contributed by atoms with Crippen molar-refractivity contribution in [2.75, 3.05) is 12.4 Å². The Morgan fingerprint density at radius 2 is 1.85 bits per heavy atom. The highest BCUT2D eigenvalue weighted by molar-refractivity contribution is 6.05. The second-order valence-electron chi connectivity index (χ2n) is 3.98. The van der Waals surface area contributed by atoms with Crippen LogP contribution in [0.5, 0.6) is 0 Å². The SMILES string of the molecule is CNC(=O)c1cccc(NC(=O)c2ccnc(F)c2)c1. The first-order valence-corrected chi connectivity index (χ1v) is 5.85. The van der Waals surface area contributed by atoms with Crippen LogP contribution in [0.15, 0.2) is 42.6 Å². The van der Waals surface area contributed by atoms with Gasteiger partial charge < -0.3 is 10.6 Å². The van der Waals surface area contributed by atoms with Crippen LogP contribution in [0, 0.1) is 5.95 Å². The normalized spacial score (nSPS) is 9.90. The molecule has 1 heterocycles. The lowest BCUT2D eigenvalue weighted by atomic mass is 10.1. The van der Waals surface area contributed by atoms with Gasteiger partial charge in [-0.15, -0.1) is 0 Å². The molecule has 0 atom stereocenters. The number of pyridine rings is 1. The average Bonchev–Trinajstić information content (AvgIpc) is 2.46. The predicted molar refractivity (Wildman–Crippen MR) is 72.0 cm³/mol. The van der Waals surface area contributed by atoms with Gasteiger partial charge in [0.05, 0.1) is 0 Å². The van der Waals surface area contributed by atoms with E-state index in [1.807, 2.05) is 0 Å². The molecular formula is C14H12FN3O2. The third-order valence-corrected chi connectivity index (χ3v) is 2.60. The fourth-order valence-corrected chi connectivity index (χ4v) is 1.63. The Kier molecular flexibility index (Phi) is 4.05. The van der Waals surface area contributed by atoms with Gasteiger partial charge in [0.2, 0.25) is 5.95 Å². The molecule has 1 aromatic carbocycles. The molecule has 0 unspecified atom stereocenters. The molecule has 0 aliphatic carbocycles. The van der Waals surface area contributed by atoms with Gasteiger partial charge in [0, 0.05) is 36.1 Å². The van der Waals surface area contributed by atoms with Crippen LogP contribution in [0.1, 0.15) is 20.7 Å². The first-order valence-electron chi connectivity index (χ1n) is 5.85. The van der Waals surface area contributed by atoms with Gasteiger partial charge in [0.25, 0.3) is 11.8 Å². The lowest BCUT2D eigenvalue weighted by molar-refractivity contribution is 0.0961. The summed E-state index contributed by atoms with van der Waals surface area (Å²) in [6.07, 6.45) is 1.21. The molecule has 102 valence electrons. The van der Waals surface area contributed by atoms with Crippen LogP contribution >= 0.6 is 0 Å². The van der Waals surface area contributed by atoms with Crippen LogP contribution in [-0.2, 0) is 0 Å². The number of anilines is 1. The van der Waals surface area contributed by atoms with Gasteiger partial charge in [0.1, 0.15) is 0 Å². The maximum absolute atomic E-state index is 12.9. The molecule has 0 saturated heterocycles. The largest absolute Gasteiger partial charge is 0.355 e. The standard InChI is InChI=1S/C14H12FN3O2/c1-16-13(19)9-3-2-4-11(7-9)18-14(20)10-5-6-17-12(15)8-10/h2-8H,1H3,(H,16,19)(H,18,20). The van der Waals surface area contributed by atoms with Crippen molar-refractivity contribution in [2.45, 2.75) is 0 Å². The zero-order chi connectivity index (χ0) is 14.5. The molecule has 0 bridgehead atoms. The van der Waals surface area contributed by atoms with Gasteiger partial charge in [-0.3, -0.25) is 9.59 Å². The van der Waals surface area contributed by atoms with E-state index in [-0.39, 0.29) is 11.5 Å². The monoisotopic (exact) mass is 273 g/mol. The van der Waals surface area contributed by atoms with Crippen molar-refractivity contribution >= 4 is 17.5 Å². The summed E-state index contributed by atoms with van der Waals surface area (Å²) in [6, 6.07) is 8.89. The number of carbonyl (C=O) groups excluding carboxylic acids is 2. The predicted octanol–water partition coefficient (Wildman–Crippen LogP) is 1.83. The first kappa shape index (κ1) is 13.7. The van der Waals surface area contributed by atoms with Crippen LogP contribution in [0.2, 0.25) is 0 Å². The number of aromatic nitrogens is 1. The highest BCUT2D eigenvalue weighted by Crippen LogP contribution is 2.12. The molecule has 2 aromatic rings. The van der Waals surface area contributed by atoms with E-state index in [4.69, 9.17) is 0 Å². The Morgan fingerprint density at radius 3 is 2.55 bits per heavy atom. The molecule has 2 amide bonds. The maximum Gasteiger partial charge on any atom is 0.255 e. The van der Waals surface area contributed by atoms with E-state index in [0.29, 0.717) is 11.3 Å². The quantitative estimate of drug-likeness (QED) is 0.838. The molecule has 0 aliphatic heterocycles. The summed E-state index contributed by atoms with van der Waals surface area (Å²) in [5, 5.41) is 5.08. The van der Waals surface area contributed by atoms with Gasteiger partial charge in [0.15, 0.2) is 0 Å². The summed E-state index contributed by atoms with van der Waals surface area (Å²) in [5.74, 6) is -1.45. The van der Waals surface area contributed by atoms with Gasteiger partial charge >= 0.3 is 0 Å². The number of nitrogens with zero attached hydrogens (tertiary/aromatic N) is 1. The highest BCUT2D eigenvalue weighted by Gasteiger charge is 2.09. The molecule has 5 nitrogen and oxygen atoms in total. The molecule has 6 heteroatoms. The molecule has 0 radical (unpaired) electrons. The molecule has 0 aliphatic rings. The van der Waals surface area contributed by atoms with Gasteiger partial charge in [-0.2, -0.15) is 4.39 Å². The Balaban J connectivity index is 2.18. The third kappa shape index (κ3) is 3.17. The zero-order valence-corrected chi connectivity index (χ0v) is 10.7. The van der Waals surface area contributed by atoms with E-state index in [1.54, 1.807) is 18.2 Å². The second-order valence-corrected chi connectivity index (χ2v) is 3.98. The number of rotatable bonds is 3. The van der Waals surface area contributed by atoms with Crippen LogP contribution in [0.4, 0.5) is 10.1 Å². The fraction of sp³-hybridized carbons (Fsp3) is 0.0714. The summed E-state index contributed by atoms with van der Waals surface area (Å²) >= 11 is 0. The molecule has 20 heavy (non-hydrogen) atoms. The van der Waals surface area contributed by atoms with E-state index in [2.05, 4.69) is 15.6 Å². The Labute approximate surface area is 114 Å². The molecule has 2 N–H and O–H groups in total. The lowest BCUT2D eigenvalue weighted by Gasteiger charge is -2.07. The van der Waals surface area contributed by atoms with Crippen LogP contribution < -0.4 is 10.6 Å². The molecule has 0 saturated carbocycles. The van der Waals surface area contributed by atoms with Crippen molar-refractivity contribution in [1.82, 2.24) is 10.3 Å². The van der Waals surface area contributed by atoms with Gasteiger partial charge in [-0.25, -0.2) is 4.98 Å². The number of nitrogens with one attached hydrogen (secondary N) is 2. The van der Waals surface area contributed by atoms with Crippen molar-refractivity contribution in [3.8, 4) is 0 Å². The topological polar surface area (TPSA) is 71.1 Å². The van der Waals surface area contributed by atoms with E-state index in [1.165, 1.54) is 25.4 Å². The fourth-order valence-electron chi connectivity index (χ4n) is 1.63. The highest BCUT2D eigenvalue weighted by atomic mass is 19.1. The van der Waals surface area contributed by atoms with Crippen molar-refractivity contribution in [3.05, 3.63) is 59.7 Å². The molecule has 0 fully saturated rings. The second kappa shape index (κ2) is 5.92. The summed E-state index contributed by atoms with van der Waals surface area (Å²) < 4.78 is 12.9. The van der Waals surface area contributed by atoms with Crippen molar-refractivity contribution < 1.29 is 14.0 Å². The molecule has 2 rings (SSSR count). The van der Waals surface area contributed by atoms with Crippen LogP contribution in [0.3, 0.4) is 0 Å². The molecule has 1 aromatic heterocycles. The molecule has 0 spiro atoms. The van der Waals surface area contributed by atoms with Crippen molar-refractivity contribution in [1.29, 1.82) is 0 Å². The van der Waals surface area contributed by atoms with E-state index < -0.39 is 11.9 Å². The zero-order valence-electron chi connectivity index (χ0n) is 10.7. The van der Waals surface area contributed by atoms with E-state index in [0.717, 1.165) is 6.07 Å². The van der Waals surface area contributed by atoms with Gasteiger partial charge in [-0.05, 0) is 24.3 Å². The number of hydrogen-bond acceptors (Lipinski definition) is 3. The Bertz CT molecular complexity index is 658.